The first-order valence-electron chi connectivity index (χ1n) is 3.25. The summed E-state index contributed by atoms with van der Waals surface area (Å²) in [5, 5.41) is 11.5. The van der Waals surface area contributed by atoms with E-state index in [9.17, 15) is 4.39 Å². The molecule has 1 radical (unpaired) electrons. The van der Waals surface area contributed by atoms with Crippen molar-refractivity contribution in [3.63, 3.8) is 0 Å². The average molecular weight is 154 g/mol. The van der Waals surface area contributed by atoms with Crippen molar-refractivity contribution in [2.45, 2.75) is 0 Å². The van der Waals surface area contributed by atoms with Crippen molar-refractivity contribution in [1.29, 1.82) is 0 Å². The van der Waals surface area contributed by atoms with Crippen LogP contribution >= 0.6 is 0 Å². The van der Waals surface area contributed by atoms with Crippen LogP contribution in [0.3, 0.4) is 0 Å². The molecule has 0 aromatic heterocycles. The highest BCUT2D eigenvalue weighted by Gasteiger charge is 1.99. The van der Waals surface area contributed by atoms with Crippen molar-refractivity contribution in [2.75, 3.05) is 11.9 Å². The molecule has 0 aliphatic carbocycles. The Labute approximate surface area is 64.7 Å². The lowest BCUT2D eigenvalue weighted by Crippen LogP contribution is -1.98. The summed E-state index contributed by atoms with van der Waals surface area (Å²) < 4.78 is 12.8. The SMILES string of the molecule is [CH2]CNc1ccc(O)cc1F. The molecule has 2 N–H and O–H groups in total. The summed E-state index contributed by atoms with van der Waals surface area (Å²) in [5.41, 5.74) is 0.359. The van der Waals surface area contributed by atoms with Gasteiger partial charge in [0.15, 0.2) is 0 Å². The fourth-order valence-corrected chi connectivity index (χ4v) is 0.782. The second kappa shape index (κ2) is 3.23. The highest BCUT2D eigenvalue weighted by Crippen LogP contribution is 2.18. The summed E-state index contributed by atoms with van der Waals surface area (Å²) in [4.78, 5) is 0. The summed E-state index contributed by atoms with van der Waals surface area (Å²) in [5.74, 6) is -0.536. The molecule has 1 aromatic carbocycles. The number of phenols is 1. The molecule has 1 aromatic rings. The third kappa shape index (κ3) is 1.83. The number of nitrogens with one attached hydrogen (secondary N) is 1. The van der Waals surface area contributed by atoms with Crippen molar-refractivity contribution in [1.82, 2.24) is 0 Å². The Morgan fingerprint density at radius 3 is 2.82 bits per heavy atom. The fraction of sp³-hybridized carbons (Fsp3) is 0.125. The predicted octanol–water partition coefficient (Wildman–Crippen LogP) is 1.78. The summed E-state index contributed by atoms with van der Waals surface area (Å²) in [7, 11) is 0. The van der Waals surface area contributed by atoms with Crippen LogP contribution in [-0.2, 0) is 0 Å². The molecule has 0 spiro atoms. The van der Waals surface area contributed by atoms with Gasteiger partial charge in [-0.15, -0.1) is 0 Å². The van der Waals surface area contributed by atoms with E-state index in [1.54, 1.807) is 0 Å². The topological polar surface area (TPSA) is 32.3 Å². The minimum atomic E-state index is -0.464. The Balaban J connectivity index is 2.90. The highest BCUT2D eigenvalue weighted by molar-refractivity contribution is 5.47. The van der Waals surface area contributed by atoms with E-state index in [1.807, 2.05) is 0 Å². The van der Waals surface area contributed by atoms with Crippen molar-refractivity contribution in [3.05, 3.63) is 30.9 Å². The quantitative estimate of drug-likeness (QED) is 0.636. The zero-order chi connectivity index (χ0) is 8.27. The zero-order valence-corrected chi connectivity index (χ0v) is 5.97. The van der Waals surface area contributed by atoms with Crippen LogP contribution < -0.4 is 5.32 Å². The molecule has 0 amide bonds. The smallest absolute Gasteiger partial charge is 0.149 e. The van der Waals surface area contributed by atoms with E-state index >= 15 is 0 Å². The Bertz CT molecular complexity index is 250. The molecule has 0 aliphatic rings. The first kappa shape index (κ1) is 7.85. The Hall–Kier alpha value is -1.25. The van der Waals surface area contributed by atoms with E-state index in [-0.39, 0.29) is 5.75 Å². The fourth-order valence-electron chi connectivity index (χ4n) is 0.782. The van der Waals surface area contributed by atoms with Gasteiger partial charge in [-0.1, -0.05) is 0 Å². The molecule has 0 unspecified atom stereocenters. The minimum absolute atomic E-state index is 0.0721. The second-order valence-corrected chi connectivity index (χ2v) is 2.09. The van der Waals surface area contributed by atoms with Gasteiger partial charge in [-0.2, -0.15) is 0 Å². The average Bonchev–Trinajstić information content (AvgIpc) is 1.95. The van der Waals surface area contributed by atoms with E-state index < -0.39 is 5.82 Å². The maximum Gasteiger partial charge on any atom is 0.149 e. The number of halogens is 1. The van der Waals surface area contributed by atoms with Gasteiger partial charge in [0, 0.05) is 12.6 Å². The van der Waals surface area contributed by atoms with Crippen LogP contribution in [0.25, 0.3) is 0 Å². The third-order valence-corrected chi connectivity index (χ3v) is 1.27. The first-order chi connectivity index (χ1) is 5.24. The highest BCUT2D eigenvalue weighted by atomic mass is 19.1. The largest absolute Gasteiger partial charge is 0.508 e. The molecule has 59 valence electrons. The molecular formula is C8H9FNO. The number of hydrogen-bond donors (Lipinski definition) is 2. The molecule has 1 rings (SSSR count). The van der Waals surface area contributed by atoms with Crippen LogP contribution in [0, 0.1) is 12.7 Å². The Morgan fingerprint density at radius 1 is 1.55 bits per heavy atom. The van der Waals surface area contributed by atoms with Crippen molar-refractivity contribution >= 4 is 5.69 Å². The van der Waals surface area contributed by atoms with E-state index in [1.165, 1.54) is 12.1 Å². The van der Waals surface area contributed by atoms with Gasteiger partial charge in [-0.05, 0) is 19.1 Å². The molecule has 0 saturated heterocycles. The van der Waals surface area contributed by atoms with Crippen LogP contribution in [0.1, 0.15) is 0 Å². The predicted molar refractivity (Wildman–Crippen MR) is 41.9 cm³/mol. The van der Waals surface area contributed by atoms with Crippen molar-refractivity contribution in [2.24, 2.45) is 0 Å². The summed E-state index contributed by atoms with van der Waals surface area (Å²) in [6.07, 6.45) is 0. The number of hydrogen-bond acceptors (Lipinski definition) is 2. The van der Waals surface area contributed by atoms with Gasteiger partial charge < -0.3 is 10.4 Å². The van der Waals surface area contributed by atoms with E-state index in [0.717, 1.165) is 6.07 Å². The van der Waals surface area contributed by atoms with Crippen LogP contribution in [0.4, 0.5) is 10.1 Å². The minimum Gasteiger partial charge on any atom is -0.508 e. The molecular weight excluding hydrogens is 145 g/mol. The van der Waals surface area contributed by atoms with Gasteiger partial charge in [0.25, 0.3) is 0 Å². The number of rotatable bonds is 2. The number of anilines is 1. The van der Waals surface area contributed by atoms with Crippen molar-refractivity contribution in [3.8, 4) is 5.75 Å². The second-order valence-electron chi connectivity index (χ2n) is 2.09. The van der Waals surface area contributed by atoms with Gasteiger partial charge in [-0.3, -0.25) is 0 Å². The normalized spacial score (nSPS) is 9.64. The van der Waals surface area contributed by atoms with E-state index in [4.69, 9.17) is 5.11 Å². The molecule has 0 fully saturated rings. The van der Waals surface area contributed by atoms with Crippen LogP contribution in [0.2, 0.25) is 0 Å². The molecule has 2 nitrogen and oxygen atoms in total. The van der Waals surface area contributed by atoms with Gasteiger partial charge in [0.05, 0.1) is 5.69 Å². The Morgan fingerprint density at radius 2 is 2.27 bits per heavy atom. The van der Waals surface area contributed by atoms with Gasteiger partial charge in [0.2, 0.25) is 0 Å². The van der Waals surface area contributed by atoms with E-state index in [2.05, 4.69) is 12.2 Å². The molecule has 0 heterocycles. The van der Waals surface area contributed by atoms with Gasteiger partial charge in [0.1, 0.15) is 11.6 Å². The maximum absolute atomic E-state index is 12.8. The molecule has 11 heavy (non-hydrogen) atoms. The molecule has 0 atom stereocenters. The third-order valence-electron chi connectivity index (χ3n) is 1.27. The standard InChI is InChI=1S/C8H9FNO/c1-2-10-8-4-3-6(11)5-7(8)9/h3-5,10-11H,1-2H2. The molecule has 0 aliphatic heterocycles. The van der Waals surface area contributed by atoms with Crippen molar-refractivity contribution < 1.29 is 9.50 Å². The number of benzene rings is 1. The molecule has 0 bridgehead atoms. The lowest BCUT2D eigenvalue weighted by Gasteiger charge is -2.03. The lowest BCUT2D eigenvalue weighted by molar-refractivity contribution is 0.469. The molecule has 0 saturated carbocycles. The number of phenolic OH excluding ortho intramolecular Hbond substituents is 1. The molecule has 3 heteroatoms. The monoisotopic (exact) mass is 154 g/mol. The van der Waals surface area contributed by atoms with Crippen LogP contribution in [0.15, 0.2) is 18.2 Å². The Kier molecular flexibility index (Phi) is 2.31. The zero-order valence-electron chi connectivity index (χ0n) is 5.97. The van der Waals surface area contributed by atoms with E-state index in [0.29, 0.717) is 12.2 Å². The summed E-state index contributed by atoms with van der Waals surface area (Å²) >= 11 is 0. The first-order valence-corrected chi connectivity index (χ1v) is 3.25. The summed E-state index contributed by atoms with van der Waals surface area (Å²) in [6, 6.07) is 3.94. The van der Waals surface area contributed by atoms with Gasteiger partial charge >= 0.3 is 0 Å². The maximum atomic E-state index is 12.8. The van der Waals surface area contributed by atoms with Gasteiger partial charge in [-0.25, -0.2) is 4.39 Å². The number of aromatic hydroxyl groups is 1. The lowest BCUT2D eigenvalue weighted by atomic mass is 10.3. The summed E-state index contributed by atoms with van der Waals surface area (Å²) in [6.45, 7) is 3.92. The van der Waals surface area contributed by atoms with Crippen LogP contribution in [0.5, 0.6) is 5.75 Å². The van der Waals surface area contributed by atoms with Crippen LogP contribution in [-0.4, -0.2) is 11.7 Å².